The molecule has 64 heavy (non-hydrogen) atoms. The number of piperazine rings is 1. The Morgan fingerprint density at radius 1 is 1.03 bits per heavy atom. The molecule has 0 radical (unpaired) electrons. The van der Waals surface area contributed by atoms with Crippen LogP contribution in [0.15, 0.2) is 94.3 Å². The Morgan fingerprint density at radius 3 is 2.59 bits per heavy atom. The molecule has 0 saturated carbocycles. The normalized spacial score (nSPS) is 18.9. The maximum absolute atomic E-state index is 14.0. The van der Waals surface area contributed by atoms with Crippen molar-refractivity contribution in [2.24, 2.45) is 10.4 Å². The number of sulfonamides is 1. The number of rotatable bonds is 14. The summed E-state index contributed by atoms with van der Waals surface area (Å²) in [5.41, 5.74) is 6.26. The number of ether oxygens (including phenoxy) is 2. The third-order valence-electron chi connectivity index (χ3n) is 12.3. The van der Waals surface area contributed by atoms with Crippen molar-refractivity contribution in [3.05, 3.63) is 116 Å². The summed E-state index contributed by atoms with van der Waals surface area (Å²) in [5.74, 6) is -0.417. The Morgan fingerprint density at radius 2 is 1.83 bits per heavy atom. The summed E-state index contributed by atoms with van der Waals surface area (Å²) in [4.78, 5) is 36.2. The van der Waals surface area contributed by atoms with E-state index < -0.39 is 31.4 Å². The first-order valence-corrected chi connectivity index (χ1v) is 23.3. The smallest absolute Gasteiger partial charge is 0.293 e. The highest BCUT2D eigenvalue weighted by molar-refractivity contribution is 7.90. The van der Waals surface area contributed by atoms with Crippen molar-refractivity contribution < 1.29 is 27.6 Å². The maximum Gasteiger partial charge on any atom is 0.293 e. The second-order valence-corrected chi connectivity index (χ2v) is 19.5. The predicted octanol–water partition coefficient (Wildman–Crippen LogP) is 7.84. The summed E-state index contributed by atoms with van der Waals surface area (Å²) in [7, 11) is -4.61. The lowest BCUT2D eigenvalue weighted by atomic mass is 9.72. The summed E-state index contributed by atoms with van der Waals surface area (Å²) >= 11 is 6.24. The number of nitro groups is 1. The van der Waals surface area contributed by atoms with Gasteiger partial charge in [-0.3, -0.25) is 29.7 Å². The van der Waals surface area contributed by atoms with Crippen molar-refractivity contribution in [3.63, 3.8) is 0 Å². The highest BCUT2D eigenvalue weighted by Gasteiger charge is 2.31. The summed E-state index contributed by atoms with van der Waals surface area (Å²) in [6.45, 7) is 10.5. The number of carbonyl (C=O) groups is 1. The summed E-state index contributed by atoms with van der Waals surface area (Å²) in [5, 5.41) is 24.9. The number of halogens is 1. The largest absolute Gasteiger partial charge is 0.454 e. The van der Waals surface area contributed by atoms with Gasteiger partial charge in [0, 0.05) is 87.8 Å². The van der Waals surface area contributed by atoms with Gasteiger partial charge in [0.15, 0.2) is 5.75 Å². The zero-order valence-corrected chi connectivity index (χ0v) is 37.5. The van der Waals surface area contributed by atoms with Crippen molar-refractivity contribution in [2.45, 2.75) is 50.5 Å². The average molecular weight is 907 g/mol. The molecule has 3 heterocycles. The molecule has 4 aliphatic rings. The number of fused-ring (bicyclic) bond motifs is 1. The Hall–Kier alpha value is -5.83. The lowest BCUT2D eigenvalue weighted by molar-refractivity contribution is -0.384. The van der Waals surface area contributed by atoms with E-state index in [2.05, 4.69) is 56.9 Å². The second kappa shape index (κ2) is 19.1. The van der Waals surface area contributed by atoms with Crippen molar-refractivity contribution in [1.82, 2.24) is 14.5 Å². The Balaban J connectivity index is 0.995. The van der Waals surface area contributed by atoms with E-state index in [-0.39, 0.29) is 41.6 Å². The molecule has 0 spiro atoms. The number of benzene rings is 4. The van der Waals surface area contributed by atoms with Crippen LogP contribution >= 0.6 is 11.6 Å². The second-order valence-electron chi connectivity index (χ2n) is 17.4. The number of hydrogen-bond donors (Lipinski definition) is 2. The number of morpholine rings is 1. The van der Waals surface area contributed by atoms with Crippen molar-refractivity contribution >= 4 is 62.1 Å². The summed E-state index contributed by atoms with van der Waals surface area (Å²) in [6.07, 6.45) is 5.25. The molecule has 3 aliphatic heterocycles. The molecule has 1 aliphatic carbocycles. The van der Waals surface area contributed by atoms with Crippen molar-refractivity contribution in [3.8, 4) is 17.6 Å². The Bertz CT molecular complexity index is 2640. The van der Waals surface area contributed by atoms with Crippen LogP contribution in [0.4, 0.5) is 22.7 Å². The molecular formula is C47H51ClN8O7S. The van der Waals surface area contributed by atoms with E-state index in [9.17, 15) is 23.3 Å². The van der Waals surface area contributed by atoms with Gasteiger partial charge in [-0.25, -0.2) is 13.1 Å². The summed E-state index contributed by atoms with van der Waals surface area (Å²) in [6, 6.07) is 24.3. The first-order chi connectivity index (χ1) is 30.7. The topological polar surface area (TPSA) is 183 Å². The maximum atomic E-state index is 14.0. The molecule has 334 valence electrons. The van der Waals surface area contributed by atoms with Gasteiger partial charge in [-0.2, -0.15) is 5.26 Å². The van der Waals surface area contributed by atoms with Gasteiger partial charge in [-0.1, -0.05) is 55.3 Å². The lowest BCUT2D eigenvalue weighted by Crippen LogP contribution is -2.47. The van der Waals surface area contributed by atoms with Crippen molar-refractivity contribution in [1.29, 1.82) is 5.26 Å². The van der Waals surface area contributed by atoms with Crippen LogP contribution in [-0.2, 0) is 21.2 Å². The summed E-state index contributed by atoms with van der Waals surface area (Å²) < 4.78 is 41.8. The van der Waals surface area contributed by atoms with Gasteiger partial charge in [-0.05, 0) is 83.8 Å². The monoisotopic (exact) mass is 906 g/mol. The number of hydrogen-bond acceptors (Lipinski definition) is 13. The fraction of sp³-hybridized carbons (Fsp3) is 0.383. The number of anilines is 2. The number of nitrogens with zero attached hydrogens (tertiary/aromatic N) is 6. The van der Waals surface area contributed by atoms with E-state index in [0.717, 1.165) is 74.3 Å². The number of nitro benzene ring substituents is 1. The molecule has 0 bridgehead atoms. The quantitative estimate of drug-likeness (QED) is 0.0712. The van der Waals surface area contributed by atoms with E-state index >= 15 is 0 Å². The zero-order chi connectivity index (χ0) is 45.0. The highest BCUT2D eigenvalue weighted by atomic mass is 35.5. The van der Waals surface area contributed by atoms with Crippen LogP contribution in [-0.4, -0.2) is 107 Å². The molecule has 2 saturated heterocycles. The van der Waals surface area contributed by atoms with Gasteiger partial charge in [0.25, 0.3) is 21.6 Å². The minimum absolute atomic E-state index is 0.0434. The number of allylic oxidation sites excluding steroid dienone is 1. The number of nitrogens with one attached hydrogen (secondary N) is 2. The van der Waals surface area contributed by atoms with E-state index in [0.29, 0.717) is 37.6 Å². The molecule has 8 rings (SSSR count). The molecule has 17 heteroatoms. The third kappa shape index (κ3) is 10.4. The number of carbonyl (C=O) groups excluding carboxylic acids is 1. The number of aliphatic imine (C=N–C) groups is 1. The predicted molar refractivity (Wildman–Crippen MR) is 248 cm³/mol. The standard InChI is InChI=1S/C47H51ClN8O7S/c1-47(2)16-14-34(40(28-47)32-6-8-35(48)9-7-32)30-54-20-22-55(23-21-54)36-10-12-39(44(26-36)63-43-5-3-4-33-15-18-50-45(33)43)46(57)52-64(60,61)38-11-13-41(42(27-38)56(58)59)51-29-37-31-53(19-17-49)24-25-62-37/h3-13,18,26-27,37,51H,14-16,19-25,28-31H2,1-2H3,(H,52,57). The fourth-order valence-corrected chi connectivity index (χ4v) is 9.89. The Kier molecular flexibility index (Phi) is 13.4. The van der Waals surface area contributed by atoms with E-state index in [1.807, 2.05) is 29.2 Å². The van der Waals surface area contributed by atoms with Gasteiger partial charge in [0.2, 0.25) is 0 Å². The SMILES string of the molecule is CC1(C)CCC(CN2CCN(c3ccc(C(=O)NS(=O)(=O)c4ccc(NCC5CN(CC#N)CCO5)c([N+](=O)[O-])c4)c(Oc4cccc5c4N=CC5)c3)CC2)=C(c2ccc(Cl)cc2)C1. The number of nitriles is 1. The fourth-order valence-electron chi connectivity index (χ4n) is 8.78. The molecular weight excluding hydrogens is 856 g/mol. The van der Waals surface area contributed by atoms with Gasteiger partial charge in [0.1, 0.15) is 17.1 Å². The molecule has 15 nitrogen and oxygen atoms in total. The van der Waals surface area contributed by atoms with E-state index in [4.69, 9.17) is 26.3 Å². The van der Waals surface area contributed by atoms with E-state index in [1.54, 1.807) is 30.5 Å². The molecule has 2 fully saturated rings. The molecule has 4 aromatic carbocycles. The van der Waals surface area contributed by atoms with Gasteiger partial charge < -0.3 is 19.7 Å². The van der Waals surface area contributed by atoms with Gasteiger partial charge in [0.05, 0.1) is 40.7 Å². The molecule has 0 aromatic heterocycles. The van der Waals surface area contributed by atoms with Crippen LogP contribution in [0, 0.1) is 26.9 Å². The zero-order valence-electron chi connectivity index (χ0n) is 35.9. The highest BCUT2D eigenvalue weighted by Crippen LogP contribution is 2.44. The molecule has 1 amide bonds. The average Bonchev–Trinajstić information content (AvgIpc) is 3.77. The third-order valence-corrected chi connectivity index (χ3v) is 13.9. The first kappa shape index (κ1) is 44.8. The minimum atomic E-state index is -4.61. The lowest BCUT2D eigenvalue weighted by Gasteiger charge is -2.39. The molecule has 1 atom stereocenters. The van der Waals surface area contributed by atoms with Crippen molar-refractivity contribution in [2.75, 3.05) is 75.7 Å². The molecule has 4 aromatic rings. The molecule has 2 N–H and O–H groups in total. The van der Waals surface area contributed by atoms with Crippen LogP contribution in [0.1, 0.15) is 54.6 Å². The molecule has 1 unspecified atom stereocenters. The van der Waals surface area contributed by atoms with Crippen LogP contribution < -0.4 is 19.7 Å². The van der Waals surface area contributed by atoms with E-state index in [1.165, 1.54) is 28.8 Å². The van der Waals surface area contributed by atoms with Crippen LogP contribution in [0.2, 0.25) is 5.02 Å². The number of amides is 1. The van der Waals surface area contributed by atoms with Crippen LogP contribution in [0.5, 0.6) is 11.5 Å². The number of para-hydroxylation sites is 1. The van der Waals surface area contributed by atoms with Crippen LogP contribution in [0.3, 0.4) is 0 Å². The van der Waals surface area contributed by atoms with Crippen LogP contribution in [0.25, 0.3) is 5.57 Å². The Labute approximate surface area is 378 Å². The van der Waals surface area contributed by atoms with Gasteiger partial charge >= 0.3 is 0 Å². The van der Waals surface area contributed by atoms with Gasteiger partial charge in [-0.15, -0.1) is 0 Å². The minimum Gasteiger partial charge on any atom is -0.454 e. The first-order valence-electron chi connectivity index (χ1n) is 21.5.